The smallest absolute Gasteiger partial charge is 0.220 e. The second kappa shape index (κ2) is 12.3. The average molecular weight is 754 g/mol. The second-order valence-corrected chi connectivity index (χ2v) is 15.5. The van der Waals surface area contributed by atoms with E-state index in [9.17, 15) is 23.3 Å². The van der Waals surface area contributed by atoms with E-state index in [0.717, 1.165) is 8.97 Å². The zero-order valence-electron chi connectivity index (χ0n) is 60.8. The van der Waals surface area contributed by atoms with Crippen LogP contribution in [0, 0.1) is 6.92 Å². The Morgan fingerprint density at radius 3 is 1.69 bits per heavy atom. The van der Waals surface area contributed by atoms with Gasteiger partial charge in [-0.25, -0.2) is 4.98 Å². The highest BCUT2D eigenvalue weighted by Crippen LogP contribution is 2.36. The molecule has 0 aliphatic heterocycles. The van der Waals surface area contributed by atoms with Gasteiger partial charge >= 0.3 is 0 Å². The van der Waals surface area contributed by atoms with Gasteiger partial charge in [-0.3, -0.25) is 8.97 Å². The minimum absolute atomic E-state index is 0.117. The first kappa shape index (κ1) is 12.8. The Balaban J connectivity index is 1.45. The Bertz CT molecular complexity index is 4910. The number of fused-ring (bicyclic) bond motifs is 8. The lowest BCUT2D eigenvalue weighted by Crippen LogP contribution is -2.74. The number of rotatable bonds is 6. The van der Waals surface area contributed by atoms with E-state index in [0.29, 0.717) is 4.57 Å². The molecule has 260 valence electrons. The molecule has 0 radical (unpaired) electrons. The number of imidazole rings is 2. The maximum atomic E-state index is 10.5. The predicted molar refractivity (Wildman–Crippen MR) is 232 cm³/mol. The Morgan fingerprint density at radius 2 is 0.982 bits per heavy atom. The molecule has 0 atom stereocenters. The summed E-state index contributed by atoms with van der Waals surface area (Å²) in [5.41, 5.74) is -5.51. The Morgan fingerprint density at radius 1 is 0.418 bits per heavy atom. The van der Waals surface area contributed by atoms with E-state index in [1.165, 1.54) is 6.92 Å². The third-order valence-corrected chi connectivity index (χ3v) is 13.0. The van der Waals surface area contributed by atoms with Crippen LogP contribution in [0.15, 0.2) is 199 Å². The third kappa shape index (κ3) is 4.67. The van der Waals surface area contributed by atoms with Crippen molar-refractivity contribution in [3.05, 3.63) is 205 Å². The number of nitrogens with zero attached hydrogens (tertiary/aromatic N) is 4. The first-order chi connectivity index (χ1) is 40.9. The summed E-state index contributed by atoms with van der Waals surface area (Å²) in [5, 5.41) is -6.43. The molecule has 3 aromatic heterocycles. The van der Waals surface area contributed by atoms with Gasteiger partial charge in [0.2, 0.25) is 5.78 Å². The van der Waals surface area contributed by atoms with Gasteiger partial charge in [-0.2, -0.15) is 0 Å². The zero-order valence-corrected chi connectivity index (χ0v) is 28.8. The highest BCUT2D eigenvalue weighted by atomic mass is 28.3. The highest BCUT2D eigenvalue weighted by molar-refractivity contribution is 7.19. The minimum Gasteiger partial charge on any atom is -0.309 e. The average Bonchev–Trinajstić information content (AvgIpc) is 0.933. The minimum atomic E-state index is -6.54. The Hall–Kier alpha value is -6.95. The normalized spacial score (nSPS) is 20.5. The Kier molecular flexibility index (Phi) is 2.87. The molecule has 5 heteroatoms. The van der Waals surface area contributed by atoms with Crippen LogP contribution in [0.1, 0.15) is 50.8 Å². The van der Waals surface area contributed by atoms with Crippen LogP contribution in [-0.2, 0) is 0 Å². The maximum Gasteiger partial charge on any atom is 0.220 e. The van der Waals surface area contributed by atoms with Crippen LogP contribution in [0.4, 0.5) is 0 Å². The van der Waals surface area contributed by atoms with Crippen LogP contribution >= 0.6 is 0 Å². The summed E-state index contributed by atoms with van der Waals surface area (Å²) in [6.07, 6.45) is 0. The molecular formula is C50H36N4Si. The molecule has 0 fully saturated rings. The second-order valence-electron chi connectivity index (χ2n) is 12.0. The molecule has 11 rings (SSSR count). The van der Waals surface area contributed by atoms with Crippen LogP contribution < -0.4 is 20.7 Å². The van der Waals surface area contributed by atoms with Crippen molar-refractivity contribution in [3.63, 3.8) is 0 Å². The van der Waals surface area contributed by atoms with Crippen molar-refractivity contribution in [1.29, 1.82) is 0 Å². The molecule has 8 aromatic carbocycles. The van der Waals surface area contributed by atoms with Crippen molar-refractivity contribution in [1.82, 2.24) is 18.5 Å². The van der Waals surface area contributed by atoms with E-state index in [4.69, 9.17) is 21.9 Å². The van der Waals surface area contributed by atoms with Crippen molar-refractivity contribution >= 4 is 78.5 Å². The first-order valence-electron chi connectivity index (χ1n) is 32.7. The van der Waals surface area contributed by atoms with Crippen LogP contribution in [-0.4, -0.2) is 26.6 Å². The molecule has 0 aliphatic carbocycles. The van der Waals surface area contributed by atoms with E-state index < -0.39 is 278 Å². The molecule has 4 nitrogen and oxygen atoms in total. The van der Waals surface area contributed by atoms with Gasteiger partial charge in [0.25, 0.3) is 0 Å². The molecule has 0 N–H and O–H groups in total. The fourth-order valence-electron chi connectivity index (χ4n) is 6.81. The quantitative estimate of drug-likeness (QED) is 0.123. The molecule has 3 heterocycles. The van der Waals surface area contributed by atoms with Crippen LogP contribution in [0.25, 0.3) is 61.0 Å². The van der Waals surface area contributed by atoms with Crippen LogP contribution in [0.5, 0.6) is 0 Å². The van der Waals surface area contributed by atoms with Crippen LogP contribution in [0.3, 0.4) is 0 Å². The van der Waals surface area contributed by atoms with Crippen molar-refractivity contribution in [3.8, 4) is 11.4 Å². The summed E-state index contributed by atoms with van der Waals surface area (Å²) >= 11 is 0. The van der Waals surface area contributed by atoms with Gasteiger partial charge in [-0.1, -0.05) is 139 Å². The van der Waals surface area contributed by atoms with Gasteiger partial charge in [0.05, 0.1) is 78.3 Å². The fourth-order valence-corrected chi connectivity index (χ4v) is 10.4. The maximum absolute atomic E-state index is 10.5. The SMILES string of the molecule is [2H]c1c([2H])c([2H])c([Si](c2c([2H])c([2H])c([2H])c([2H])c2[2H])(c2c([2H])c([2H])c([2H])c([2H])c2[2H])c2c([2H])c([2H])c([2H])c(-n3c4c([2H])c([2H])c([2H])c([2H])c4c4c([2H])c(-n5c6c([2H])c([2H])c(C)c([2H])c6n6c7c([2H])c([2H])c([2H])c([2H])c7nc56)c([2H])c([2H])c43)c2[2H])c([2H])c1[2H]. The van der Waals surface area contributed by atoms with Gasteiger partial charge in [0.15, 0.2) is 8.07 Å². The van der Waals surface area contributed by atoms with Crippen molar-refractivity contribution in [2.45, 2.75) is 6.92 Å². The molecule has 0 bridgehead atoms. The summed E-state index contributed by atoms with van der Waals surface area (Å²) < 4.78 is 308. The number of hydrogen-bond acceptors (Lipinski definition) is 1. The molecule has 0 aliphatic rings. The number of hydrogen-bond donors (Lipinski definition) is 0. The number of benzene rings is 8. The van der Waals surface area contributed by atoms with Gasteiger partial charge in [0, 0.05) is 22.1 Å². The van der Waals surface area contributed by atoms with Gasteiger partial charge in [0.1, 0.15) is 0 Å². The molecule has 55 heavy (non-hydrogen) atoms. The number of aromatic nitrogens is 4. The summed E-state index contributed by atoms with van der Waals surface area (Å²) in [5.74, 6) is -0.527. The summed E-state index contributed by atoms with van der Waals surface area (Å²) in [4.78, 5) is 4.50. The predicted octanol–water partition coefficient (Wildman–Crippen LogP) is 9.21. The first-order valence-corrected chi connectivity index (χ1v) is 18.2. The molecular weight excluding hydrogens is 685 g/mol. The van der Waals surface area contributed by atoms with E-state index in [1.54, 1.807) is 0 Å². The zero-order chi connectivity index (χ0) is 65.2. The van der Waals surface area contributed by atoms with E-state index in [-0.39, 0.29) is 16.6 Å². The molecule has 0 amide bonds. The van der Waals surface area contributed by atoms with E-state index in [1.807, 2.05) is 0 Å². The molecule has 11 aromatic rings. The highest BCUT2D eigenvalue weighted by Gasteiger charge is 2.41. The van der Waals surface area contributed by atoms with E-state index in [2.05, 4.69) is 4.98 Å². The van der Waals surface area contributed by atoms with Crippen molar-refractivity contribution < 1.29 is 45.2 Å². The largest absolute Gasteiger partial charge is 0.309 e. The Labute approximate surface area is 366 Å². The standard InChI is InChI=1S/C50H36N4Si/c1-35-28-30-48-49(32-35)54-47-27-14-12-25-44(47)51-50(54)53(48)37-29-31-46-43(34-37)42-24-11-13-26-45(42)52(46)36-16-15-23-41(33-36)55(38-17-5-2-6-18-38,39-19-7-3-8-20-39)40-21-9-4-10-22-40/h2-34H,1H3/i2D,3D,4D,5D,6D,7D,8D,9D,10D,11D,12D,13D,14D,15D,16D,17D,18D,19D,20D,21D,22D,23D,24D,25D,26D,27D,28D,29D,30D,31D,32D,33D,34D. The molecule has 0 spiro atoms. The summed E-state index contributed by atoms with van der Waals surface area (Å²) in [6.45, 7) is 1.31. The summed E-state index contributed by atoms with van der Waals surface area (Å²) in [7, 11) is -6.54. The topological polar surface area (TPSA) is 27.2 Å². The lowest BCUT2D eigenvalue weighted by molar-refractivity contribution is 1.11. The third-order valence-electron chi connectivity index (χ3n) is 9.03. The van der Waals surface area contributed by atoms with Gasteiger partial charge < -0.3 is 4.57 Å². The molecule has 0 saturated heterocycles. The summed E-state index contributed by atoms with van der Waals surface area (Å²) in [6, 6.07) is -36.5. The van der Waals surface area contributed by atoms with Crippen molar-refractivity contribution in [2.24, 2.45) is 0 Å². The van der Waals surface area contributed by atoms with Gasteiger partial charge in [-0.15, -0.1) is 0 Å². The van der Waals surface area contributed by atoms with Gasteiger partial charge in [-0.05, 0) is 93.7 Å². The number of para-hydroxylation sites is 3. The monoisotopic (exact) mass is 753 g/mol. The lowest BCUT2D eigenvalue weighted by Gasteiger charge is -2.34. The molecule has 0 unspecified atom stereocenters. The van der Waals surface area contributed by atoms with Crippen LogP contribution in [0.2, 0.25) is 0 Å². The molecule has 0 saturated carbocycles. The van der Waals surface area contributed by atoms with E-state index >= 15 is 0 Å². The van der Waals surface area contributed by atoms with Crippen molar-refractivity contribution in [2.75, 3.05) is 0 Å². The lowest BCUT2D eigenvalue weighted by atomic mass is 10.1. The fraction of sp³-hybridized carbons (Fsp3) is 0.0200.